The van der Waals surface area contributed by atoms with E-state index >= 15 is 0 Å². The number of hydrogen-bond acceptors (Lipinski definition) is 7. The molecule has 0 radical (unpaired) electrons. The molecule has 2 atom stereocenters. The first-order chi connectivity index (χ1) is 26.7. The Morgan fingerprint density at radius 2 is 1.64 bits per heavy atom. The first-order valence-corrected chi connectivity index (χ1v) is 22.0. The fourth-order valence-corrected chi connectivity index (χ4v) is 9.70. The summed E-state index contributed by atoms with van der Waals surface area (Å²) >= 11 is 0. The number of amides is 2. The minimum absolute atomic E-state index is 0.00593. The third-order valence-corrected chi connectivity index (χ3v) is 13.7. The molecule has 11 nitrogen and oxygen atoms in total. The Hall–Kier alpha value is -4.42. The van der Waals surface area contributed by atoms with Gasteiger partial charge in [-0.3, -0.25) is 14.3 Å². The van der Waals surface area contributed by atoms with Gasteiger partial charge < -0.3 is 18.9 Å². The first kappa shape index (κ1) is 38.5. The zero-order valence-electron chi connectivity index (χ0n) is 33.7. The number of methoxy groups -OCH3 is 1. The number of carbonyl (C=O) groups is 2. The second-order valence-corrected chi connectivity index (χ2v) is 19.2. The number of ether oxygens (including phenoxy) is 2. The highest BCUT2D eigenvalue weighted by molar-refractivity contribution is 7.90. The molecule has 0 bridgehead atoms. The SMILES string of the molecule is COc1ccc2c(c1)C=C(c1c(C(=O)N3C[C@@H](C)O[C@@H](C)C3)c(C(C)C)nn1C1CC1)Cn1c-2c(C2CCCCC2)c2ccc(C(=O)NS(=O)(=O)C(C)C)cc21. The molecule has 2 aromatic carbocycles. The monoisotopic (exact) mass is 781 g/mol. The van der Waals surface area contributed by atoms with Crippen LogP contribution >= 0.6 is 0 Å². The van der Waals surface area contributed by atoms with Gasteiger partial charge in [-0.05, 0) is 118 Å². The predicted molar refractivity (Wildman–Crippen MR) is 220 cm³/mol. The fourth-order valence-electron chi connectivity index (χ4n) is 9.09. The summed E-state index contributed by atoms with van der Waals surface area (Å²) in [4.78, 5) is 30.6. The summed E-state index contributed by atoms with van der Waals surface area (Å²) in [6.07, 6.45) is 9.65. The van der Waals surface area contributed by atoms with Crippen molar-refractivity contribution in [3.8, 4) is 17.0 Å². The molecule has 298 valence electrons. The van der Waals surface area contributed by atoms with Crippen molar-refractivity contribution in [3.63, 3.8) is 0 Å². The fraction of sp³-hybridized carbons (Fsp3) is 0.523. The van der Waals surface area contributed by atoms with E-state index in [1.54, 1.807) is 27.0 Å². The van der Waals surface area contributed by atoms with E-state index in [1.807, 2.05) is 36.9 Å². The molecular formula is C44H55N5O6S. The molecule has 0 spiro atoms. The van der Waals surface area contributed by atoms with Crippen molar-refractivity contribution in [2.75, 3.05) is 20.2 Å². The van der Waals surface area contributed by atoms with E-state index in [1.165, 1.54) is 12.0 Å². The quantitative estimate of drug-likeness (QED) is 0.181. The van der Waals surface area contributed by atoms with Gasteiger partial charge in [0.1, 0.15) is 5.75 Å². The number of hydrogen-bond donors (Lipinski definition) is 1. The number of carbonyl (C=O) groups excluding carboxylic acids is 2. The number of nitrogens with zero attached hydrogens (tertiary/aromatic N) is 4. The molecule has 4 heterocycles. The average Bonchev–Trinajstić information content (AvgIpc) is 3.89. The lowest BCUT2D eigenvalue weighted by atomic mass is 9.81. The lowest BCUT2D eigenvalue weighted by Gasteiger charge is -2.35. The second-order valence-electron chi connectivity index (χ2n) is 17.0. The highest BCUT2D eigenvalue weighted by Gasteiger charge is 2.39. The highest BCUT2D eigenvalue weighted by Crippen LogP contribution is 2.49. The Bertz CT molecular complexity index is 2330. The number of nitrogens with one attached hydrogen (secondary N) is 1. The van der Waals surface area contributed by atoms with Gasteiger partial charge in [-0.2, -0.15) is 5.10 Å². The van der Waals surface area contributed by atoms with Crippen LogP contribution in [-0.2, 0) is 21.3 Å². The summed E-state index contributed by atoms with van der Waals surface area (Å²) < 4.78 is 44.2. The van der Waals surface area contributed by atoms with Crippen LogP contribution in [0.2, 0.25) is 0 Å². The molecule has 8 rings (SSSR count). The number of rotatable bonds is 9. The third kappa shape index (κ3) is 6.97. The van der Waals surface area contributed by atoms with Crippen molar-refractivity contribution in [2.24, 2.45) is 0 Å². The minimum Gasteiger partial charge on any atom is -0.497 e. The van der Waals surface area contributed by atoms with Crippen LogP contribution in [0.5, 0.6) is 5.75 Å². The summed E-state index contributed by atoms with van der Waals surface area (Å²) in [5.41, 5.74) is 8.76. The number of allylic oxidation sites excluding steroid dienone is 1. The van der Waals surface area contributed by atoms with Crippen molar-refractivity contribution >= 4 is 44.4 Å². The van der Waals surface area contributed by atoms with Gasteiger partial charge in [-0.25, -0.2) is 13.1 Å². The number of morpholine rings is 1. The summed E-state index contributed by atoms with van der Waals surface area (Å²) in [7, 11) is -2.17. The van der Waals surface area contributed by atoms with Crippen molar-refractivity contribution < 1.29 is 27.5 Å². The molecule has 1 saturated heterocycles. The standard InChI is InChI=1S/C44H55N5O6S/c1-25(2)40-39(44(51)47-22-27(5)55-28(6)23-47)41(49(45-40)33-14-15-33)32-19-31-20-34(54-7)16-18-35(31)42-38(29-11-9-8-10-12-29)36-17-13-30(21-37(36)48(42)24-32)43(50)46-56(52,53)26(3)4/h13,16-21,25-29,33H,8-12,14-15,22-24H2,1-7H3,(H,46,50)/t27-,28+. The maximum absolute atomic E-state index is 15.0. The highest BCUT2D eigenvalue weighted by atomic mass is 32.2. The van der Waals surface area contributed by atoms with Gasteiger partial charge in [0.25, 0.3) is 11.8 Å². The topological polar surface area (TPSA) is 125 Å². The van der Waals surface area contributed by atoms with E-state index in [0.29, 0.717) is 31.1 Å². The number of aromatic nitrogens is 3. The zero-order chi connectivity index (χ0) is 39.6. The van der Waals surface area contributed by atoms with Crippen molar-refractivity contribution in [2.45, 2.75) is 128 Å². The maximum Gasteiger partial charge on any atom is 0.264 e. The zero-order valence-corrected chi connectivity index (χ0v) is 34.5. The molecule has 4 aliphatic rings. The molecule has 56 heavy (non-hydrogen) atoms. The predicted octanol–water partition coefficient (Wildman–Crippen LogP) is 8.29. The molecule has 2 saturated carbocycles. The molecule has 1 N–H and O–H groups in total. The smallest absolute Gasteiger partial charge is 0.264 e. The van der Waals surface area contributed by atoms with Crippen molar-refractivity contribution in [3.05, 3.63) is 70.0 Å². The van der Waals surface area contributed by atoms with Gasteiger partial charge in [0.05, 0.1) is 59.8 Å². The lowest BCUT2D eigenvalue weighted by Crippen LogP contribution is -2.48. The molecule has 4 aromatic rings. The molecule has 2 aliphatic heterocycles. The van der Waals surface area contributed by atoms with E-state index in [-0.39, 0.29) is 35.6 Å². The molecule has 2 aromatic heterocycles. The van der Waals surface area contributed by atoms with E-state index in [9.17, 15) is 18.0 Å². The van der Waals surface area contributed by atoms with Crippen LogP contribution in [0.25, 0.3) is 33.8 Å². The van der Waals surface area contributed by atoms with E-state index in [0.717, 1.165) is 89.0 Å². The Labute approximate surface area is 330 Å². The molecule has 12 heteroatoms. The van der Waals surface area contributed by atoms with Gasteiger partial charge in [-0.1, -0.05) is 39.2 Å². The van der Waals surface area contributed by atoms with Gasteiger partial charge in [0.15, 0.2) is 0 Å². The van der Waals surface area contributed by atoms with Crippen LogP contribution in [0.15, 0.2) is 36.4 Å². The van der Waals surface area contributed by atoms with E-state index in [2.05, 4.69) is 46.0 Å². The first-order valence-electron chi connectivity index (χ1n) is 20.4. The molecule has 2 amide bonds. The van der Waals surface area contributed by atoms with Crippen molar-refractivity contribution in [1.82, 2.24) is 24.0 Å². The number of fused-ring (bicyclic) bond motifs is 5. The van der Waals surface area contributed by atoms with Crippen molar-refractivity contribution in [1.29, 1.82) is 0 Å². The van der Waals surface area contributed by atoms with Gasteiger partial charge >= 0.3 is 0 Å². The minimum atomic E-state index is -3.85. The Kier molecular flexibility index (Phi) is 10.2. The van der Waals surface area contributed by atoms with Gasteiger partial charge in [0.2, 0.25) is 10.0 Å². The normalized spacial score (nSPS) is 20.5. The Balaban J connectivity index is 1.38. The van der Waals surface area contributed by atoms with Crippen LogP contribution < -0.4 is 9.46 Å². The lowest BCUT2D eigenvalue weighted by molar-refractivity contribution is -0.0586. The molecule has 2 aliphatic carbocycles. The van der Waals surface area contributed by atoms with Crippen LogP contribution in [-0.4, -0.2) is 77.1 Å². The average molecular weight is 782 g/mol. The van der Waals surface area contributed by atoms with Crippen LogP contribution in [0, 0.1) is 0 Å². The maximum atomic E-state index is 15.0. The Morgan fingerprint density at radius 3 is 2.29 bits per heavy atom. The van der Waals surface area contributed by atoms with E-state index in [4.69, 9.17) is 14.6 Å². The third-order valence-electron chi connectivity index (χ3n) is 12.0. The summed E-state index contributed by atoms with van der Waals surface area (Å²) in [6, 6.07) is 12.0. The molecule has 0 unspecified atom stereocenters. The summed E-state index contributed by atoms with van der Waals surface area (Å²) in [6.45, 7) is 12.8. The largest absolute Gasteiger partial charge is 0.497 e. The molecule has 3 fully saturated rings. The summed E-state index contributed by atoms with van der Waals surface area (Å²) in [5, 5.41) is 5.56. The summed E-state index contributed by atoms with van der Waals surface area (Å²) in [5.74, 6) is 0.373. The van der Waals surface area contributed by atoms with Crippen LogP contribution in [0.4, 0.5) is 0 Å². The molecular weight excluding hydrogens is 727 g/mol. The van der Waals surface area contributed by atoms with Crippen LogP contribution in [0.1, 0.15) is 148 Å². The van der Waals surface area contributed by atoms with Gasteiger partial charge in [-0.15, -0.1) is 0 Å². The number of sulfonamides is 1. The Morgan fingerprint density at radius 1 is 0.929 bits per heavy atom. The van der Waals surface area contributed by atoms with E-state index < -0.39 is 21.2 Å². The van der Waals surface area contributed by atoms with Gasteiger partial charge in [0, 0.05) is 35.1 Å². The number of benzene rings is 2. The van der Waals surface area contributed by atoms with Crippen LogP contribution in [0.3, 0.4) is 0 Å². The second kappa shape index (κ2) is 14.8.